The summed E-state index contributed by atoms with van der Waals surface area (Å²) in [5, 5.41) is 18.1. The lowest BCUT2D eigenvalue weighted by molar-refractivity contribution is 0.159. The van der Waals surface area contributed by atoms with E-state index in [1.165, 1.54) is 14.7 Å². The predicted octanol–water partition coefficient (Wildman–Crippen LogP) is -0.584. The number of aliphatic hydroxyl groups excluding tert-OH is 2. The monoisotopic (exact) mass is 278 g/mol. The molecule has 2 N–H and O–H groups in total. The molecule has 1 saturated heterocycles. The van der Waals surface area contributed by atoms with Crippen molar-refractivity contribution in [3.63, 3.8) is 0 Å². The van der Waals surface area contributed by atoms with Gasteiger partial charge < -0.3 is 10.2 Å². The van der Waals surface area contributed by atoms with Crippen LogP contribution in [0.2, 0.25) is 0 Å². The molecule has 7 heteroatoms. The van der Waals surface area contributed by atoms with Gasteiger partial charge in [-0.05, 0) is 18.8 Å². The molecular formula is C11H22N2O4S. The van der Waals surface area contributed by atoms with E-state index in [9.17, 15) is 8.42 Å². The van der Waals surface area contributed by atoms with Crippen LogP contribution in [0.25, 0.3) is 0 Å². The molecule has 0 amide bonds. The van der Waals surface area contributed by atoms with Gasteiger partial charge in [0.1, 0.15) is 0 Å². The number of nitrogens with zero attached hydrogens (tertiary/aromatic N) is 2. The SMILES string of the molecule is C=CCN(CCO)S(=O)(=O)N1CCCC(CO)C1. The summed E-state index contributed by atoms with van der Waals surface area (Å²) in [6, 6.07) is 0. The van der Waals surface area contributed by atoms with E-state index in [1.54, 1.807) is 0 Å². The molecule has 1 rings (SSSR count). The maximum atomic E-state index is 12.3. The zero-order chi connectivity index (χ0) is 13.6. The molecule has 6 nitrogen and oxygen atoms in total. The fourth-order valence-electron chi connectivity index (χ4n) is 2.11. The maximum absolute atomic E-state index is 12.3. The van der Waals surface area contributed by atoms with Gasteiger partial charge in [-0.3, -0.25) is 0 Å². The molecule has 0 spiro atoms. The normalized spacial score (nSPS) is 22.3. The third kappa shape index (κ3) is 3.76. The highest BCUT2D eigenvalue weighted by Gasteiger charge is 2.32. The summed E-state index contributed by atoms with van der Waals surface area (Å²) in [6.07, 6.45) is 3.11. The van der Waals surface area contributed by atoms with Gasteiger partial charge in [0, 0.05) is 32.8 Å². The van der Waals surface area contributed by atoms with Crippen molar-refractivity contribution in [2.75, 3.05) is 39.4 Å². The Morgan fingerprint density at radius 2 is 2.17 bits per heavy atom. The summed E-state index contributed by atoms with van der Waals surface area (Å²) in [5.74, 6) is 0.00762. The molecule has 1 aliphatic heterocycles. The van der Waals surface area contributed by atoms with E-state index in [0.717, 1.165) is 12.8 Å². The second-order valence-electron chi connectivity index (χ2n) is 4.43. The van der Waals surface area contributed by atoms with Gasteiger partial charge in [0.05, 0.1) is 6.61 Å². The third-order valence-electron chi connectivity index (χ3n) is 3.07. The lowest BCUT2D eigenvalue weighted by Gasteiger charge is -2.34. The Bertz CT molecular complexity index is 358. The number of rotatable bonds is 7. The molecular weight excluding hydrogens is 256 g/mol. The van der Waals surface area contributed by atoms with Crippen LogP contribution in [0.1, 0.15) is 12.8 Å². The summed E-state index contributed by atoms with van der Waals surface area (Å²) in [6.45, 7) is 4.38. The zero-order valence-electron chi connectivity index (χ0n) is 10.5. The maximum Gasteiger partial charge on any atom is 0.282 e. The van der Waals surface area contributed by atoms with E-state index >= 15 is 0 Å². The van der Waals surface area contributed by atoms with Crippen LogP contribution in [-0.2, 0) is 10.2 Å². The number of aliphatic hydroxyl groups is 2. The van der Waals surface area contributed by atoms with E-state index in [1.807, 2.05) is 0 Å². The molecule has 1 heterocycles. The number of piperidine rings is 1. The van der Waals surface area contributed by atoms with Crippen molar-refractivity contribution >= 4 is 10.2 Å². The van der Waals surface area contributed by atoms with Crippen LogP contribution in [0.5, 0.6) is 0 Å². The van der Waals surface area contributed by atoms with Crippen LogP contribution in [0.3, 0.4) is 0 Å². The first-order valence-electron chi connectivity index (χ1n) is 6.14. The second kappa shape index (κ2) is 7.20. The topological polar surface area (TPSA) is 81.1 Å². The van der Waals surface area contributed by atoms with Crippen molar-refractivity contribution in [3.8, 4) is 0 Å². The van der Waals surface area contributed by atoms with Gasteiger partial charge in [0.25, 0.3) is 10.2 Å². The fraction of sp³-hybridized carbons (Fsp3) is 0.818. The minimum atomic E-state index is -3.57. The van der Waals surface area contributed by atoms with Gasteiger partial charge in [-0.1, -0.05) is 6.08 Å². The molecule has 106 valence electrons. The van der Waals surface area contributed by atoms with Crippen molar-refractivity contribution < 1.29 is 18.6 Å². The molecule has 0 bridgehead atoms. The Kier molecular flexibility index (Phi) is 6.24. The summed E-state index contributed by atoms with van der Waals surface area (Å²) in [4.78, 5) is 0. The molecule has 1 aliphatic rings. The van der Waals surface area contributed by atoms with Crippen LogP contribution >= 0.6 is 0 Å². The minimum Gasteiger partial charge on any atom is -0.396 e. The summed E-state index contributed by atoms with van der Waals surface area (Å²) < 4.78 is 27.3. The highest BCUT2D eigenvalue weighted by atomic mass is 32.2. The van der Waals surface area contributed by atoms with Gasteiger partial charge in [-0.2, -0.15) is 17.0 Å². The smallest absolute Gasteiger partial charge is 0.282 e. The third-order valence-corrected chi connectivity index (χ3v) is 5.04. The molecule has 0 saturated carbocycles. The average molecular weight is 278 g/mol. The van der Waals surface area contributed by atoms with Gasteiger partial charge >= 0.3 is 0 Å². The van der Waals surface area contributed by atoms with Crippen molar-refractivity contribution in [2.24, 2.45) is 5.92 Å². The summed E-state index contributed by atoms with van der Waals surface area (Å²) >= 11 is 0. The molecule has 1 atom stereocenters. The molecule has 0 aromatic heterocycles. The molecule has 1 unspecified atom stereocenters. The lowest BCUT2D eigenvalue weighted by atomic mass is 10.0. The van der Waals surface area contributed by atoms with E-state index in [2.05, 4.69) is 6.58 Å². The van der Waals surface area contributed by atoms with E-state index in [0.29, 0.717) is 13.1 Å². The van der Waals surface area contributed by atoms with Gasteiger partial charge in [-0.15, -0.1) is 6.58 Å². The second-order valence-corrected chi connectivity index (χ2v) is 6.36. The molecule has 0 radical (unpaired) electrons. The summed E-state index contributed by atoms with van der Waals surface area (Å²) in [5.41, 5.74) is 0. The largest absolute Gasteiger partial charge is 0.396 e. The molecule has 18 heavy (non-hydrogen) atoms. The number of hydrogen-bond acceptors (Lipinski definition) is 4. The number of hydrogen-bond donors (Lipinski definition) is 2. The molecule has 0 aromatic carbocycles. The van der Waals surface area contributed by atoms with E-state index in [4.69, 9.17) is 10.2 Å². The van der Waals surface area contributed by atoms with Gasteiger partial charge in [0.15, 0.2) is 0 Å². The van der Waals surface area contributed by atoms with Crippen molar-refractivity contribution in [1.82, 2.24) is 8.61 Å². The first kappa shape index (κ1) is 15.6. The molecule has 0 aliphatic carbocycles. The van der Waals surface area contributed by atoms with Crippen molar-refractivity contribution in [2.45, 2.75) is 12.8 Å². The molecule has 0 aromatic rings. The Hall–Kier alpha value is -0.470. The average Bonchev–Trinajstić information content (AvgIpc) is 2.38. The van der Waals surface area contributed by atoms with E-state index < -0.39 is 10.2 Å². The van der Waals surface area contributed by atoms with Crippen molar-refractivity contribution in [1.29, 1.82) is 0 Å². The zero-order valence-corrected chi connectivity index (χ0v) is 11.3. The van der Waals surface area contributed by atoms with Gasteiger partial charge in [0.2, 0.25) is 0 Å². The van der Waals surface area contributed by atoms with Crippen LogP contribution in [0.15, 0.2) is 12.7 Å². The first-order valence-corrected chi connectivity index (χ1v) is 7.53. The Balaban J connectivity index is 2.78. The van der Waals surface area contributed by atoms with Crippen molar-refractivity contribution in [3.05, 3.63) is 12.7 Å². The Labute approximate surface area is 109 Å². The standard InChI is InChI=1S/C11H22N2O4S/c1-2-5-12(7-8-14)18(16,17)13-6-3-4-11(9-13)10-15/h2,11,14-15H,1,3-10H2. The lowest BCUT2D eigenvalue weighted by Crippen LogP contribution is -2.49. The van der Waals surface area contributed by atoms with Crippen LogP contribution in [-0.4, -0.2) is 66.6 Å². The highest BCUT2D eigenvalue weighted by molar-refractivity contribution is 7.86. The Morgan fingerprint density at radius 1 is 1.44 bits per heavy atom. The van der Waals surface area contributed by atoms with Crippen LogP contribution in [0.4, 0.5) is 0 Å². The van der Waals surface area contributed by atoms with E-state index in [-0.39, 0.29) is 32.2 Å². The highest BCUT2D eigenvalue weighted by Crippen LogP contribution is 2.20. The van der Waals surface area contributed by atoms with Gasteiger partial charge in [-0.25, -0.2) is 0 Å². The molecule has 1 fully saturated rings. The van der Waals surface area contributed by atoms with Crippen LogP contribution < -0.4 is 0 Å². The fourth-order valence-corrected chi connectivity index (χ4v) is 3.80. The predicted molar refractivity (Wildman–Crippen MR) is 69.2 cm³/mol. The summed E-state index contributed by atoms with van der Waals surface area (Å²) in [7, 11) is -3.57. The Morgan fingerprint density at radius 3 is 2.72 bits per heavy atom. The van der Waals surface area contributed by atoms with Crippen LogP contribution in [0, 0.1) is 5.92 Å². The first-order chi connectivity index (χ1) is 8.56. The quantitative estimate of drug-likeness (QED) is 0.610. The minimum absolute atomic E-state index is 0.00742.